The van der Waals surface area contributed by atoms with Crippen molar-refractivity contribution in [3.05, 3.63) is 74.6 Å². The summed E-state index contributed by atoms with van der Waals surface area (Å²) in [5.41, 5.74) is 1.34. The lowest BCUT2D eigenvalue weighted by molar-refractivity contribution is -0.136. The van der Waals surface area contributed by atoms with Crippen LogP contribution in [0.2, 0.25) is 5.02 Å². The van der Waals surface area contributed by atoms with E-state index in [1.54, 1.807) is 33.8 Å². The zero-order valence-electron chi connectivity index (χ0n) is 19.9. The van der Waals surface area contributed by atoms with E-state index in [4.69, 9.17) is 25.5 Å². The van der Waals surface area contributed by atoms with E-state index in [2.05, 4.69) is 5.32 Å². The molecule has 8 heteroatoms. The maximum atomic E-state index is 12.7. The highest BCUT2D eigenvalue weighted by Crippen LogP contribution is 2.32. The predicted molar refractivity (Wildman–Crippen MR) is 131 cm³/mol. The Morgan fingerprint density at radius 3 is 2.44 bits per heavy atom. The summed E-state index contributed by atoms with van der Waals surface area (Å²) in [5, 5.41) is 3.32. The summed E-state index contributed by atoms with van der Waals surface area (Å²) in [4.78, 5) is 37.4. The molecular weight excluding hydrogens is 458 g/mol. The third-order valence-corrected chi connectivity index (χ3v) is 5.45. The highest BCUT2D eigenvalue weighted by molar-refractivity contribution is 6.33. The van der Waals surface area contributed by atoms with E-state index in [1.165, 1.54) is 6.07 Å². The van der Waals surface area contributed by atoms with Crippen LogP contribution in [0.15, 0.2) is 51.7 Å². The number of hydrogen-bond acceptors (Lipinski definition) is 6. The van der Waals surface area contributed by atoms with Gasteiger partial charge in [-0.05, 0) is 51.3 Å². The van der Waals surface area contributed by atoms with Crippen LogP contribution in [0.5, 0.6) is 5.75 Å². The Labute approximate surface area is 203 Å². The van der Waals surface area contributed by atoms with Gasteiger partial charge in [0, 0.05) is 23.4 Å². The van der Waals surface area contributed by atoms with E-state index in [0.717, 1.165) is 11.1 Å². The van der Waals surface area contributed by atoms with Crippen LogP contribution in [0.25, 0.3) is 11.0 Å². The number of rotatable bonds is 6. The summed E-state index contributed by atoms with van der Waals surface area (Å²) in [6, 6.07) is 11.7. The summed E-state index contributed by atoms with van der Waals surface area (Å²) in [6.07, 6.45) is -0.0258. The highest BCUT2D eigenvalue weighted by atomic mass is 35.5. The number of alkyl carbamates (subject to hydrolysis) is 1. The molecule has 1 N–H and O–H groups in total. The molecule has 1 amide bonds. The maximum Gasteiger partial charge on any atom is 0.408 e. The van der Waals surface area contributed by atoms with Crippen LogP contribution in [0.4, 0.5) is 4.79 Å². The fraction of sp³-hybridized carbons (Fsp3) is 0.346. The molecule has 0 aliphatic rings. The normalized spacial score (nSPS) is 12.3. The topological polar surface area (TPSA) is 94.8 Å². The van der Waals surface area contributed by atoms with Gasteiger partial charge in [-0.3, -0.25) is 0 Å². The molecule has 0 aliphatic heterocycles. The van der Waals surface area contributed by atoms with Crippen LogP contribution >= 0.6 is 11.6 Å². The maximum absolute atomic E-state index is 12.7. The lowest BCUT2D eigenvalue weighted by atomic mass is 9.99. The summed E-state index contributed by atoms with van der Waals surface area (Å²) in [5.74, 6) is -0.684. The first-order chi connectivity index (χ1) is 16.0. The third kappa shape index (κ3) is 6.17. The highest BCUT2D eigenvalue weighted by Gasteiger charge is 2.25. The van der Waals surface area contributed by atoms with Crippen LogP contribution < -0.4 is 15.7 Å². The van der Waals surface area contributed by atoms with Crippen molar-refractivity contribution < 1.29 is 23.5 Å². The average Bonchev–Trinajstić information content (AvgIpc) is 2.75. The average molecular weight is 486 g/mol. The van der Waals surface area contributed by atoms with Gasteiger partial charge in [-0.15, -0.1) is 0 Å². The van der Waals surface area contributed by atoms with E-state index in [-0.39, 0.29) is 22.8 Å². The number of esters is 1. The smallest absolute Gasteiger partial charge is 0.408 e. The summed E-state index contributed by atoms with van der Waals surface area (Å²) in [7, 11) is 0. The molecule has 7 nitrogen and oxygen atoms in total. The summed E-state index contributed by atoms with van der Waals surface area (Å²) >= 11 is 6.40. The lowest BCUT2D eigenvalue weighted by Crippen LogP contribution is -2.44. The first-order valence-electron chi connectivity index (χ1n) is 11.0. The van der Waals surface area contributed by atoms with Crippen molar-refractivity contribution in [1.82, 2.24) is 5.32 Å². The number of carbonyl (C=O) groups is 2. The second-order valence-corrected chi connectivity index (χ2v) is 9.37. The zero-order valence-corrected chi connectivity index (χ0v) is 20.6. The number of amides is 1. The van der Waals surface area contributed by atoms with Crippen LogP contribution in [-0.4, -0.2) is 23.7 Å². The molecule has 1 heterocycles. The van der Waals surface area contributed by atoms with Crippen molar-refractivity contribution in [3.63, 3.8) is 0 Å². The minimum absolute atomic E-state index is 0.0296. The first-order valence-corrected chi connectivity index (χ1v) is 11.4. The van der Waals surface area contributed by atoms with Crippen LogP contribution in [0, 0.1) is 6.92 Å². The molecule has 0 radical (unpaired) electrons. The van der Waals surface area contributed by atoms with Gasteiger partial charge in [-0.2, -0.15) is 0 Å². The van der Waals surface area contributed by atoms with Gasteiger partial charge < -0.3 is 19.2 Å². The van der Waals surface area contributed by atoms with Crippen LogP contribution in [-0.2, 0) is 16.0 Å². The predicted octanol–water partition coefficient (Wildman–Crippen LogP) is 5.55. The van der Waals surface area contributed by atoms with Gasteiger partial charge in [0.2, 0.25) is 0 Å². The summed E-state index contributed by atoms with van der Waals surface area (Å²) < 4.78 is 16.2. The van der Waals surface area contributed by atoms with Gasteiger partial charge in [0.05, 0.1) is 5.02 Å². The molecule has 1 atom stereocenters. The van der Waals surface area contributed by atoms with Gasteiger partial charge in [0.1, 0.15) is 17.2 Å². The monoisotopic (exact) mass is 485 g/mol. The van der Waals surface area contributed by atoms with E-state index >= 15 is 0 Å². The van der Waals surface area contributed by atoms with Gasteiger partial charge in [0.15, 0.2) is 5.75 Å². The molecule has 2 aromatic carbocycles. The Hall–Kier alpha value is -3.32. The molecule has 180 valence electrons. The molecule has 0 saturated carbocycles. The molecule has 3 aromatic rings. The van der Waals surface area contributed by atoms with Crippen molar-refractivity contribution in [2.45, 2.75) is 59.1 Å². The van der Waals surface area contributed by atoms with Crippen molar-refractivity contribution in [1.29, 1.82) is 0 Å². The van der Waals surface area contributed by atoms with E-state index in [9.17, 15) is 14.4 Å². The van der Waals surface area contributed by atoms with Crippen LogP contribution in [0.1, 0.15) is 50.8 Å². The van der Waals surface area contributed by atoms with Crippen molar-refractivity contribution in [3.8, 4) is 5.75 Å². The molecule has 0 fully saturated rings. The standard InChI is InChI=1S/C26H28ClNO6/c1-6-20(28-25(31)34-26(3,4)5)24(30)33-22-14-21-17(13-19(22)27)15(2)18(23(29)32-21)12-16-10-8-7-9-11-16/h7-11,13-14,20H,6,12H2,1-5H3,(H,28,31)/t20-/m0/s1. The molecule has 0 unspecified atom stereocenters. The largest absolute Gasteiger partial charge is 0.444 e. The Morgan fingerprint density at radius 2 is 1.82 bits per heavy atom. The SMILES string of the molecule is CC[C@H](NC(=O)OC(C)(C)C)C(=O)Oc1cc2oc(=O)c(Cc3ccccc3)c(C)c2cc1Cl. The quantitative estimate of drug-likeness (QED) is 0.279. The van der Waals surface area contributed by atoms with E-state index in [1.807, 2.05) is 37.3 Å². The molecular formula is C26H28ClNO6. The fourth-order valence-corrected chi connectivity index (χ4v) is 3.63. The molecule has 0 bridgehead atoms. The number of nitrogens with one attached hydrogen (secondary N) is 1. The van der Waals surface area contributed by atoms with Gasteiger partial charge >= 0.3 is 17.7 Å². The number of halogens is 1. The first kappa shape index (κ1) is 25.3. The van der Waals surface area contributed by atoms with E-state index in [0.29, 0.717) is 17.4 Å². The Kier molecular flexibility index (Phi) is 7.67. The lowest BCUT2D eigenvalue weighted by Gasteiger charge is -2.22. The zero-order chi connectivity index (χ0) is 25.0. The Morgan fingerprint density at radius 1 is 1.15 bits per heavy atom. The molecule has 0 spiro atoms. The third-order valence-electron chi connectivity index (χ3n) is 5.16. The van der Waals surface area contributed by atoms with Gasteiger partial charge in [-0.25, -0.2) is 14.4 Å². The van der Waals surface area contributed by atoms with E-state index < -0.39 is 29.3 Å². The number of benzene rings is 2. The second-order valence-electron chi connectivity index (χ2n) is 8.96. The van der Waals surface area contributed by atoms with Crippen molar-refractivity contribution in [2.24, 2.45) is 0 Å². The van der Waals surface area contributed by atoms with Gasteiger partial charge in [0.25, 0.3) is 0 Å². The number of ether oxygens (including phenoxy) is 2. The Bertz CT molecular complexity index is 1260. The van der Waals surface area contributed by atoms with Crippen molar-refractivity contribution >= 4 is 34.6 Å². The molecule has 1 aromatic heterocycles. The molecule has 3 rings (SSSR count). The fourth-order valence-electron chi connectivity index (χ4n) is 3.43. The van der Waals surface area contributed by atoms with Crippen molar-refractivity contribution in [2.75, 3.05) is 0 Å². The molecule has 0 saturated heterocycles. The Balaban J connectivity index is 1.85. The van der Waals surface area contributed by atoms with Gasteiger partial charge in [-0.1, -0.05) is 48.9 Å². The minimum atomic E-state index is -0.941. The second kappa shape index (κ2) is 10.3. The molecule has 34 heavy (non-hydrogen) atoms. The number of carbonyl (C=O) groups excluding carboxylic acids is 2. The number of hydrogen-bond donors (Lipinski definition) is 1. The molecule has 0 aliphatic carbocycles. The minimum Gasteiger partial charge on any atom is -0.444 e. The van der Waals surface area contributed by atoms with Crippen LogP contribution in [0.3, 0.4) is 0 Å². The number of aryl methyl sites for hydroxylation is 1. The summed E-state index contributed by atoms with van der Waals surface area (Å²) in [6.45, 7) is 8.73. The number of fused-ring (bicyclic) bond motifs is 1.